The van der Waals surface area contributed by atoms with E-state index in [9.17, 15) is 4.79 Å². The van der Waals surface area contributed by atoms with E-state index in [0.717, 1.165) is 45.1 Å². The van der Waals surface area contributed by atoms with Crippen molar-refractivity contribution in [2.45, 2.75) is 38.5 Å². The third-order valence-electron chi connectivity index (χ3n) is 4.11. The molecule has 1 heterocycles. The minimum atomic E-state index is 0.211. The number of rotatable bonds is 4. The van der Waals surface area contributed by atoms with Crippen molar-refractivity contribution in [1.29, 1.82) is 0 Å². The molecule has 1 amide bonds. The van der Waals surface area contributed by atoms with E-state index in [1.54, 1.807) is 0 Å². The van der Waals surface area contributed by atoms with Gasteiger partial charge in [0.1, 0.15) is 0 Å². The first kappa shape index (κ1) is 13.8. The summed E-state index contributed by atoms with van der Waals surface area (Å²) in [5, 5.41) is 6.48. The Morgan fingerprint density at radius 2 is 1.94 bits per heavy atom. The fraction of sp³-hybridized carbons (Fsp3) is 0.929. The Morgan fingerprint density at radius 3 is 2.78 bits per heavy atom. The Morgan fingerprint density at radius 1 is 1.11 bits per heavy atom. The van der Waals surface area contributed by atoms with Gasteiger partial charge in [-0.15, -0.1) is 0 Å². The van der Waals surface area contributed by atoms with E-state index in [-0.39, 0.29) is 5.91 Å². The van der Waals surface area contributed by atoms with Crippen LogP contribution >= 0.6 is 0 Å². The highest BCUT2D eigenvalue weighted by molar-refractivity contribution is 5.78. The minimum Gasteiger partial charge on any atom is -0.355 e. The van der Waals surface area contributed by atoms with Gasteiger partial charge in [-0.05, 0) is 38.3 Å². The normalized spacial score (nSPS) is 23.6. The summed E-state index contributed by atoms with van der Waals surface area (Å²) in [6.07, 6.45) is 7.82. The van der Waals surface area contributed by atoms with Crippen LogP contribution in [0.3, 0.4) is 0 Å². The molecule has 0 aromatic carbocycles. The van der Waals surface area contributed by atoms with Gasteiger partial charge in [-0.25, -0.2) is 0 Å². The van der Waals surface area contributed by atoms with E-state index in [0.29, 0.717) is 6.54 Å². The molecule has 0 atom stereocenters. The molecule has 4 nitrogen and oxygen atoms in total. The summed E-state index contributed by atoms with van der Waals surface area (Å²) in [5.41, 5.74) is 0. The molecule has 2 aliphatic rings. The van der Waals surface area contributed by atoms with Crippen LogP contribution in [0.5, 0.6) is 0 Å². The Balaban J connectivity index is 1.61. The topological polar surface area (TPSA) is 44.4 Å². The number of hydrogen-bond acceptors (Lipinski definition) is 3. The summed E-state index contributed by atoms with van der Waals surface area (Å²) >= 11 is 0. The van der Waals surface area contributed by atoms with Crippen molar-refractivity contribution in [3.8, 4) is 0 Å². The zero-order chi connectivity index (χ0) is 12.6. The van der Waals surface area contributed by atoms with Gasteiger partial charge in [-0.2, -0.15) is 0 Å². The molecule has 0 aromatic rings. The summed E-state index contributed by atoms with van der Waals surface area (Å²) in [6, 6.07) is 0. The number of nitrogens with zero attached hydrogens (tertiary/aromatic N) is 1. The molecule has 0 unspecified atom stereocenters. The molecule has 1 saturated carbocycles. The zero-order valence-corrected chi connectivity index (χ0v) is 11.4. The molecule has 0 bridgehead atoms. The number of amides is 1. The first-order valence-electron chi connectivity index (χ1n) is 7.54. The fourth-order valence-corrected chi connectivity index (χ4v) is 2.97. The Labute approximate surface area is 110 Å². The fourth-order valence-electron chi connectivity index (χ4n) is 2.97. The Bertz CT molecular complexity index is 243. The molecule has 1 aliphatic carbocycles. The van der Waals surface area contributed by atoms with E-state index >= 15 is 0 Å². The maximum atomic E-state index is 11.9. The van der Waals surface area contributed by atoms with E-state index in [1.165, 1.54) is 32.1 Å². The summed E-state index contributed by atoms with van der Waals surface area (Å²) in [4.78, 5) is 14.2. The zero-order valence-electron chi connectivity index (χ0n) is 11.4. The van der Waals surface area contributed by atoms with E-state index in [4.69, 9.17) is 0 Å². The number of nitrogens with one attached hydrogen (secondary N) is 2. The Hall–Kier alpha value is -0.610. The molecule has 104 valence electrons. The Kier molecular flexibility index (Phi) is 5.94. The van der Waals surface area contributed by atoms with Crippen LogP contribution in [0.4, 0.5) is 0 Å². The van der Waals surface area contributed by atoms with Crippen LogP contribution in [0.15, 0.2) is 0 Å². The van der Waals surface area contributed by atoms with Gasteiger partial charge in [-0.1, -0.05) is 19.3 Å². The van der Waals surface area contributed by atoms with Gasteiger partial charge in [0.05, 0.1) is 6.54 Å². The lowest BCUT2D eigenvalue weighted by atomic mass is 9.89. The smallest absolute Gasteiger partial charge is 0.234 e. The van der Waals surface area contributed by atoms with E-state index in [2.05, 4.69) is 15.5 Å². The predicted octanol–water partition coefficient (Wildman–Crippen LogP) is 0.978. The quantitative estimate of drug-likeness (QED) is 0.785. The second kappa shape index (κ2) is 7.74. The average molecular weight is 253 g/mol. The summed E-state index contributed by atoms with van der Waals surface area (Å²) in [5.74, 6) is 0.941. The van der Waals surface area contributed by atoms with Crippen molar-refractivity contribution in [1.82, 2.24) is 15.5 Å². The molecule has 4 heteroatoms. The predicted molar refractivity (Wildman–Crippen MR) is 73.5 cm³/mol. The second-order valence-corrected chi connectivity index (χ2v) is 5.69. The minimum absolute atomic E-state index is 0.211. The third-order valence-corrected chi connectivity index (χ3v) is 4.11. The SMILES string of the molecule is O=C(CN1CCCNCC1)NCC1CCCCC1. The van der Waals surface area contributed by atoms with Gasteiger partial charge < -0.3 is 10.6 Å². The van der Waals surface area contributed by atoms with Crippen LogP contribution in [0.25, 0.3) is 0 Å². The molecule has 0 radical (unpaired) electrons. The first-order valence-corrected chi connectivity index (χ1v) is 7.54. The maximum absolute atomic E-state index is 11.9. The lowest BCUT2D eigenvalue weighted by Gasteiger charge is -2.23. The van der Waals surface area contributed by atoms with Gasteiger partial charge in [0, 0.05) is 19.6 Å². The van der Waals surface area contributed by atoms with Gasteiger partial charge >= 0.3 is 0 Å². The van der Waals surface area contributed by atoms with Crippen molar-refractivity contribution >= 4 is 5.91 Å². The van der Waals surface area contributed by atoms with Crippen molar-refractivity contribution in [2.24, 2.45) is 5.92 Å². The molecule has 2 rings (SSSR count). The molecular weight excluding hydrogens is 226 g/mol. The highest BCUT2D eigenvalue weighted by atomic mass is 16.2. The lowest BCUT2D eigenvalue weighted by molar-refractivity contribution is -0.122. The second-order valence-electron chi connectivity index (χ2n) is 5.69. The van der Waals surface area contributed by atoms with Crippen LogP contribution in [0, 0.1) is 5.92 Å². The van der Waals surface area contributed by atoms with Crippen molar-refractivity contribution in [3.63, 3.8) is 0 Å². The lowest BCUT2D eigenvalue weighted by Crippen LogP contribution is -2.40. The molecule has 2 N–H and O–H groups in total. The largest absolute Gasteiger partial charge is 0.355 e. The molecular formula is C14H27N3O. The average Bonchev–Trinajstić information content (AvgIpc) is 2.66. The third kappa shape index (κ3) is 4.94. The van der Waals surface area contributed by atoms with Crippen LogP contribution in [-0.2, 0) is 4.79 Å². The first-order chi connectivity index (χ1) is 8.84. The molecule has 0 spiro atoms. The van der Waals surface area contributed by atoms with Gasteiger partial charge in [0.25, 0.3) is 0 Å². The van der Waals surface area contributed by atoms with Crippen LogP contribution in [0.2, 0.25) is 0 Å². The molecule has 1 aliphatic heterocycles. The molecule has 2 fully saturated rings. The summed E-state index contributed by atoms with van der Waals surface area (Å²) < 4.78 is 0. The van der Waals surface area contributed by atoms with Gasteiger partial charge in [-0.3, -0.25) is 9.69 Å². The monoisotopic (exact) mass is 253 g/mol. The van der Waals surface area contributed by atoms with Crippen molar-refractivity contribution < 1.29 is 4.79 Å². The van der Waals surface area contributed by atoms with Crippen molar-refractivity contribution in [3.05, 3.63) is 0 Å². The van der Waals surface area contributed by atoms with Crippen LogP contribution in [0.1, 0.15) is 38.5 Å². The number of hydrogen-bond donors (Lipinski definition) is 2. The van der Waals surface area contributed by atoms with E-state index < -0.39 is 0 Å². The van der Waals surface area contributed by atoms with Gasteiger partial charge in [0.15, 0.2) is 0 Å². The summed E-state index contributed by atoms with van der Waals surface area (Å²) in [6.45, 7) is 5.61. The summed E-state index contributed by atoms with van der Waals surface area (Å²) in [7, 11) is 0. The van der Waals surface area contributed by atoms with E-state index in [1.807, 2.05) is 0 Å². The van der Waals surface area contributed by atoms with Crippen LogP contribution in [-0.4, -0.2) is 50.1 Å². The van der Waals surface area contributed by atoms with Gasteiger partial charge in [0.2, 0.25) is 5.91 Å². The molecule has 18 heavy (non-hydrogen) atoms. The number of carbonyl (C=O) groups is 1. The highest BCUT2D eigenvalue weighted by Crippen LogP contribution is 2.22. The number of carbonyl (C=O) groups excluding carboxylic acids is 1. The van der Waals surface area contributed by atoms with Crippen LogP contribution < -0.4 is 10.6 Å². The molecule has 1 saturated heterocycles. The maximum Gasteiger partial charge on any atom is 0.234 e. The highest BCUT2D eigenvalue weighted by Gasteiger charge is 2.16. The molecule has 0 aromatic heterocycles. The van der Waals surface area contributed by atoms with Crippen molar-refractivity contribution in [2.75, 3.05) is 39.3 Å². The standard InChI is InChI=1S/C14H27N3O/c18-14(12-17-9-4-7-15-8-10-17)16-11-13-5-2-1-3-6-13/h13,15H,1-12H2,(H,16,18).